The Kier molecular flexibility index (Phi) is 6.46. The number of azo groups is 1. The van der Waals surface area contributed by atoms with Crippen molar-refractivity contribution < 1.29 is 14.6 Å². The van der Waals surface area contributed by atoms with Gasteiger partial charge in [0.25, 0.3) is 0 Å². The minimum absolute atomic E-state index is 0.00106. The van der Waals surface area contributed by atoms with Gasteiger partial charge in [0.1, 0.15) is 11.4 Å². The zero-order chi connectivity index (χ0) is 19.2. The molecule has 2 N–H and O–H groups in total. The lowest BCUT2D eigenvalue weighted by Crippen LogP contribution is -2.29. The zero-order valence-corrected chi connectivity index (χ0v) is 16.2. The monoisotopic (exact) mass is 418 g/mol. The van der Waals surface area contributed by atoms with Gasteiger partial charge in [0.2, 0.25) is 0 Å². The first-order valence-electron chi connectivity index (χ1n) is 7.75. The molecule has 0 aliphatic heterocycles. The Hall–Kier alpha value is -2.74. The molecule has 26 heavy (non-hydrogen) atoms. The lowest BCUT2D eigenvalue weighted by atomic mass is 10.2. The van der Waals surface area contributed by atoms with E-state index in [1.165, 1.54) is 12.3 Å². The molecule has 136 valence electrons. The molecule has 0 saturated carbocycles. The topological polar surface area (TPSA) is 95.6 Å². The van der Waals surface area contributed by atoms with Crippen LogP contribution < -0.4 is 5.43 Å². The first-order valence-corrected chi connectivity index (χ1v) is 8.55. The summed E-state index contributed by atoms with van der Waals surface area (Å²) in [4.78, 5) is 11.5. The molecule has 0 atom stereocenters. The van der Waals surface area contributed by atoms with Crippen molar-refractivity contribution in [2.75, 3.05) is 0 Å². The van der Waals surface area contributed by atoms with Gasteiger partial charge in [0, 0.05) is 10.0 Å². The van der Waals surface area contributed by atoms with Gasteiger partial charge < -0.3 is 9.84 Å². The smallest absolute Gasteiger partial charge is 0.428 e. The van der Waals surface area contributed by atoms with E-state index in [-0.39, 0.29) is 5.75 Å². The summed E-state index contributed by atoms with van der Waals surface area (Å²) in [6.07, 6.45) is 0.621. The molecule has 8 heteroatoms. The van der Waals surface area contributed by atoms with Crippen LogP contribution >= 0.6 is 15.9 Å². The SMILES string of the molecule is CC(C)(C)OC(=O)N/N=C/c1cc(N=Nc2cccc(Br)c2)ccc1O. The number of rotatable bonds is 4. The van der Waals surface area contributed by atoms with E-state index in [1.54, 1.807) is 32.9 Å². The fraction of sp³-hybridized carbons (Fsp3) is 0.222. The maximum Gasteiger partial charge on any atom is 0.428 e. The van der Waals surface area contributed by atoms with E-state index in [4.69, 9.17) is 4.74 Å². The molecule has 0 aliphatic carbocycles. The number of hydrazone groups is 1. The number of ether oxygens (including phenoxy) is 1. The lowest BCUT2D eigenvalue weighted by Gasteiger charge is -2.18. The molecule has 0 unspecified atom stereocenters. The molecule has 0 aromatic heterocycles. The number of hydrogen-bond acceptors (Lipinski definition) is 6. The molecular formula is C18H19BrN4O3. The second-order valence-electron chi connectivity index (χ2n) is 6.29. The lowest BCUT2D eigenvalue weighted by molar-refractivity contribution is 0.0529. The number of carbonyl (C=O) groups excluding carboxylic acids is 1. The third-order valence-electron chi connectivity index (χ3n) is 2.86. The van der Waals surface area contributed by atoms with Gasteiger partial charge in [0.15, 0.2) is 0 Å². The van der Waals surface area contributed by atoms with Gasteiger partial charge in [0.05, 0.1) is 17.6 Å². The van der Waals surface area contributed by atoms with Crippen molar-refractivity contribution in [3.8, 4) is 5.75 Å². The van der Waals surface area contributed by atoms with Crippen LogP contribution in [0.1, 0.15) is 26.3 Å². The zero-order valence-electron chi connectivity index (χ0n) is 14.6. The molecule has 7 nitrogen and oxygen atoms in total. The molecule has 0 saturated heterocycles. The predicted octanol–water partition coefficient (Wildman–Crippen LogP) is 5.43. The van der Waals surface area contributed by atoms with Crippen molar-refractivity contribution in [2.45, 2.75) is 26.4 Å². The third kappa shape index (κ3) is 6.64. The standard InChI is InChI=1S/C18H19BrN4O3/c1-18(2,3)26-17(25)23-20-11-12-9-15(7-8-16(12)24)22-21-14-6-4-5-13(19)10-14/h4-11,24H,1-3H3,(H,23,25)/b20-11+,22-21?. The van der Waals surface area contributed by atoms with Crippen LogP contribution in [0, 0.1) is 0 Å². The Morgan fingerprint density at radius 2 is 1.85 bits per heavy atom. The van der Waals surface area contributed by atoms with E-state index < -0.39 is 11.7 Å². The Bertz CT molecular complexity index is 845. The Balaban J connectivity index is 2.07. The molecule has 0 bridgehead atoms. The van der Waals surface area contributed by atoms with Crippen LogP contribution in [-0.4, -0.2) is 23.0 Å². The average Bonchev–Trinajstić information content (AvgIpc) is 2.53. The summed E-state index contributed by atoms with van der Waals surface area (Å²) in [6.45, 7) is 5.26. The van der Waals surface area contributed by atoms with E-state index in [0.717, 1.165) is 4.47 Å². The number of nitrogens with one attached hydrogen (secondary N) is 1. The van der Waals surface area contributed by atoms with Crippen molar-refractivity contribution in [1.29, 1.82) is 0 Å². The minimum atomic E-state index is -0.682. The number of phenolic OH excluding ortho intramolecular Hbond substituents is 1. The summed E-state index contributed by atoms with van der Waals surface area (Å²) >= 11 is 3.37. The van der Waals surface area contributed by atoms with Gasteiger partial charge in [-0.2, -0.15) is 15.3 Å². The van der Waals surface area contributed by atoms with Crippen LogP contribution in [0.4, 0.5) is 16.2 Å². The summed E-state index contributed by atoms with van der Waals surface area (Å²) in [5.41, 5.74) is 3.22. The van der Waals surface area contributed by atoms with E-state index >= 15 is 0 Å². The van der Waals surface area contributed by atoms with Crippen molar-refractivity contribution >= 4 is 39.6 Å². The van der Waals surface area contributed by atoms with Gasteiger partial charge in [-0.15, -0.1) is 0 Å². The highest BCUT2D eigenvalue weighted by Gasteiger charge is 2.15. The quantitative estimate of drug-likeness (QED) is 0.393. The van der Waals surface area contributed by atoms with E-state index in [0.29, 0.717) is 16.9 Å². The van der Waals surface area contributed by atoms with Crippen molar-refractivity contribution in [2.24, 2.45) is 15.3 Å². The van der Waals surface area contributed by atoms with Crippen LogP contribution in [0.25, 0.3) is 0 Å². The number of aromatic hydroxyl groups is 1. The second-order valence-corrected chi connectivity index (χ2v) is 7.21. The molecular weight excluding hydrogens is 400 g/mol. The summed E-state index contributed by atoms with van der Waals surface area (Å²) < 4.78 is 5.97. The number of hydrogen-bond donors (Lipinski definition) is 2. The maximum atomic E-state index is 11.5. The Labute approximate surface area is 159 Å². The highest BCUT2D eigenvalue weighted by molar-refractivity contribution is 9.10. The molecule has 2 aromatic rings. The largest absolute Gasteiger partial charge is 0.507 e. The second kappa shape index (κ2) is 8.57. The summed E-state index contributed by atoms with van der Waals surface area (Å²) in [5, 5.41) is 21.9. The summed E-state index contributed by atoms with van der Waals surface area (Å²) in [7, 11) is 0. The van der Waals surface area contributed by atoms with Crippen molar-refractivity contribution in [3.05, 3.63) is 52.5 Å². The van der Waals surface area contributed by atoms with Crippen LogP contribution in [0.2, 0.25) is 0 Å². The number of benzene rings is 2. The van der Waals surface area contributed by atoms with E-state index in [9.17, 15) is 9.90 Å². The van der Waals surface area contributed by atoms with Crippen LogP contribution in [0.5, 0.6) is 5.75 Å². The highest BCUT2D eigenvalue weighted by Crippen LogP contribution is 2.25. The molecule has 2 aromatic carbocycles. The third-order valence-corrected chi connectivity index (χ3v) is 3.35. The van der Waals surface area contributed by atoms with Crippen LogP contribution in [0.15, 0.2) is 62.3 Å². The van der Waals surface area contributed by atoms with Gasteiger partial charge >= 0.3 is 6.09 Å². The van der Waals surface area contributed by atoms with Gasteiger partial charge in [-0.25, -0.2) is 10.2 Å². The predicted molar refractivity (Wildman–Crippen MR) is 103 cm³/mol. The van der Waals surface area contributed by atoms with E-state index in [1.807, 2.05) is 24.3 Å². The summed E-state index contributed by atoms with van der Waals surface area (Å²) in [6, 6.07) is 12.1. The van der Waals surface area contributed by atoms with Gasteiger partial charge in [-0.05, 0) is 57.2 Å². The fourth-order valence-corrected chi connectivity index (χ4v) is 2.20. The Morgan fingerprint density at radius 3 is 2.50 bits per heavy atom. The van der Waals surface area contributed by atoms with Crippen LogP contribution in [0.3, 0.4) is 0 Å². The number of amides is 1. The van der Waals surface area contributed by atoms with Crippen molar-refractivity contribution in [1.82, 2.24) is 5.43 Å². The summed E-state index contributed by atoms with van der Waals surface area (Å²) in [5.74, 6) is 0.00106. The molecule has 0 aliphatic rings. The molecule has 2 rings (SSSR count). The molecule has 0 heterocycles. The number of phenols is 1. The highest BCUT2D eigenvalue weighted by atomic mass is 79.9. The molecule has 0 spiro atoms. The first kappa shape index (κ1) is 19.6. The van der Waals surface area contributed by atoms with E-state index in [2.05, 4.69) is 36.7 Å². The number of carbonyl (C=O) groups is 1. The molecule has 0 radical (unpaired) electrons. The number of halogens is 1. The fourth-order valence-electron chi connectivity index (χ4n) is 1.82. The number of nitrogens with zero attached hydrogens (tertiary/aromatic N) is 3. The minimum Gasteiger partial charge on any atom is -0.507 e. The maximum absolute atomic E-state index is 11.5. The molecule has 0 fully saturated rings. The first-order chi connectivity index (χ1) is 12.2. The molecule has 1 amide bonds. The normalized spacial score (nSPS) is 11.8. The van der Waals surface area contributed by atoms with Crippen molar-refractivity contribution in [3.63, 3.8) is 0 Å². The Morgan fingerprint density at radius 1 is 1.15 bits per heavy atom. The van der Waals surface area contributed by atoms with Gasteiger partial charge in [-0.1, -0.05) is 22.0 Å². The van der Waals surface area contributed by atoms with Gasteiger partial charge in [-0.3, -0.25) is 0 Å². The van der Waals surface area contributed by atoms with Crippen LogP contribution in [-0.2, 0) is 4.74 Å². The average molecular weight is 419 g/mol.